The average Bonchev–Trinajstić information content (AvgIpc) is 2.65. The van der Waals surface area contributed by atoms with Crippen LogP contribution in [0.1, 0.15) is 65.7 Å². The zero-order valence-electron chi connectivity index (χ0n) is 13.8. The number of ketones is 1. The minimum atomic E-state index is -0.0777. The summed E-state index contributed by atoms with van der Waals surface area (Å²) in [5.74, 6) is 1.63. The molecule has 0 heterocycles. The van der Waals surface area contributed by atoms with Gasteiger partial charge in [-0.15, -0.1) is 0 Å². The lowest BCUT2D eigenvalue weighted by molar-refractivity contribution is -0.135. The highest BCUT2D eigenvalue weighted by atomic mass is 16.1. The van der Waals surface area contributed by atoms with Gasteiger partial charge in [0.05, 0.1) is 0 Å². The van der Waals surface area contributed by atoms with E-state index in [1.165, 1.54) is 43.3 Å². The van der Waals surface area contributed by atoms with Gasteiger partial charge >= 0.3 is 0 Å². The lowest BCUT2D eigenvalue weighted by Gasteiger charge is -2.58. The van der Waals surface area contributed by atoms with Crippen LogP contribution in [-0.2, 0) is 4.79 Å². The predicted octanol–water partition coefficient (Wildman–Crippen LogP) is 5.07. The van der Waals surface area contributed by atoms with Crippen LogP contribution >= 0.6 is 0 Å². The maximum absolute atomic E-state index is 13.1. The summed E-state index contributed by atoms with van der Waals surface area (Å²) in [4.78, 5) is 13.1. The first-order valence-electron chi connectivity index (χ1n) is 8.74. The standard InChI is InChI=1S/C20H28O/c1-13-11-20-12-14(13)6-7-15(20)19(4)9-5-8-18(2,3)16(19)10-17(20)21/h10,14-15H,1,5-9,11-12H2,2-4H3/t14-,15+,19+,20+/m1/s1. The largest absolute Gasteiger partial charge is 0.294 e. The van der Waals surface area contributed by atoms with Crippen molar-refractivity contribution in [1.29, 1.82) is 0 Å². The smallest absolute Gasteiger partial charge is 0.162 e. The highest BCUT2D eigenvalue weighted by Crippen LogP contribution is 2.69. The molecule has 21 heavy (non-hydrogen) atoms. The number of fused-ring (bicyclic) bond motifs is 3. The second-order valence-electron chi connectivity index (χ2n) is 9.10. The quantitative estimate of drug-likeness (QED) is 0.567. The predicted molar refractivity (Wildman–Crippen MR) is 85.9 cm³/mol. The second kappa shape index (κ2) is 3.91. The van der Waals surface area contributed by atoms with E-state index >= 15 is 0 Å². The fourth-order valence-corrected chi connectivity index (χ4v) is 6.65. The van der Waals surface area contributed by atoms with Gasteiger partial charge < -0.3 is 0 Å². The normalized spacial score (nSPS) is 47.7. The monoisotopic (exact) mass is 284 g/mol. The van der Waals surface area contributed by atoms with E-state index in [0.29, 0.717) is 17.6 Å². The summed E-state index contributed by atoms with van der Waals surface area (Å²) in [5, 5.41) is 0. The number of carbonyl (C=O) groups excluding carboxylic acids is 1. The van der Waals surface area contributed by atoms with Gasteiger partial charge in [0.1, 0.15) is 0 Å². The van der Waals surface area contributed by atoms with Crippen LogP contribution in [0.25, 0.3) is 0 Å². The number of hydrogen-bond acceptors (Lipinski definition) is 1. The van der Waals surface area contributed by atoms with Crippen molar-refractivity contribution in [3.8, 4) is 0 Å². The Balaban J connectivity index is 1.89. The maximum Gasteiger partial charge on any atom is 0.162 e. The number of rotatable bonds is 0. The van der Waals surface area contributed by atoms with E-state index in [1.54, 1.807) is 0 Å². The first-order valence-corrected chi connectivity index (χ1v) is 8.74. The van der Waals surface area contributed by atoms with Gasteiger partial charge in [0, 0.05) is 5.41 Å². The molecule has 1 spiro atoms. The average molecular weight is 284 g/mol. The summed E-state index contributed by atoms with van der Waals surface area (Å²) >= 11 is 0. The molecule has 2 bridgehead atoms. The molecule has 0 aromatic carbocycles. The Morgan fingerprint density at radius 3 is 2.71 bits per heavy atom. The van der Waals surface area contributed by atoms with Crippen molar-refractivity contribution >= 4 is 5.78 Å². The van der Waals surface area contributed by atoms with E-state index in [2.05, 4.69) is 33.4 Å². The molecule has 0 aromatic rings. The molecule has 0 N–H and O–H groups in total. The number of carbonyl (C=O) groups is 1. The summed E-state index contributed by atoms with van der Waals surface area (Å²) in [6, 6.07) is 0. The molecule has 1 nitrogen and oxygen atoms in total. The lowest BCUT2D eigenvalue weighted by atomic mass is 9.45. The molecule has 0 aliphatic heterocycles. The third-order valence-electron chi connectivity index (χ3n) is 7.58. The van der Waals surface area contributed by atoms with Crippen molar-refractivity contribution < 1.29 is 4.79 Å². The SMILES string of the molecule is C=C1C[C@]23C[C@H]1CC[C@H]2[C@]1(C)CCCC(C)(C)C1=CC3=O. The van der Waals surface area contributed by atoms with Crippen LogP contribution in [0.15, 0.2) is 23.8 Å². The Kier molecular flexibility index (Phi) is 2.57. The first kappa shape index (κ1) is 13.8. The van der Waals surface area contributed by atoms with Crippen molar-refractivity contribution in [3.05, 3.63) is 23.8 Å². The van der Waals surface area contributed by atoms with Crippen molar-refractivity contribution in [2.45, 2.75) is 65.7 Å². The van der Waals surface area contributed by atoms with Gasteiger partial charge in [0.15, 0.2) is 5.78 Å². The zero-order valence-corrected chi connectivity index (χ0v) is 13.8. The molecule has 114 valence electrons. The van der Waals surface area contributed by atoms with Crippen molar-refractivity contribution in [2.24, 2.45) is 28.1 Å². The van der Waals surface area contributed by atoms with Crippen molar-refractivity contribution in [3.63, 3.8) is 0 Å². The van der Waals surface area contributed by atoms with Crippen LogP contribution in [0.3, 0.4) is 0 Å². The topological polar surface area (TPSA) is 17.1 Å². The molecule has 4 atom stereocenters. The Bertz CT molecular complexity index is 566. The van der Waals surface area contributed by atoms with Gasteiger partial charge in [0.25, 0.3) is 0 Å². The Hall–Kier alpha value is -0.850. The van der Waals surface area contributed by atoms with Gasteiger partial charge in [-0.2, -0.15) is 0 Å². The van der Waals surface area contributed by atoms with Crippen LogP contribution in [-0.4, -0.2) is 5.78 Å². The molecule has 0 unspecified atom stereocenters. The molecule has 4 rings (SSSR count). The van der Waals surface area contributed by atoms with Crippen molar-refractivity contribution in [1.82, 2.24) is 0 Å². The van der Waals surface area contributed by atoms with Crippen LogP contribution in [0.4, 0.5) is 0 Å². The maximum atomic E-state index is 13.1. The number of hydrogen-bond donors (Lipinski definition) is 0. The van der Waals surface area contributed by atoms with Crippen molar-refractivity contribution in [2.75, 3.05) is 0 Å². The molecule has 1 heteroatoms. The van der Waals surface area contributed by atoms with E-state index in [9.17, 15) is 4.79 Å². The summed E-state index contributed by atoms with van der Waals surface area (Å²) < 4.78 is 0. The molecule has 0 amide bonds. The summed E-state index contributed by atoms with van der Waals surface area (Å²) in [6.07, 6.45) is 10.5. The molecule has 3 fully saturated rings. The van der Waals surface area contributed by atoms with Gasteiger partial charge in [-0.25, -0.2) is 0 Å². The minimum absolute atomic E-state index is 0.0777. The summed E-state index contributed by atoms with van der Waals surface area (Å²) in [6.45, 7) is 11.5. The molecular formula is C20H28O. The lowest BCUT2D eigenvalue weighted by Crippen LogP contribution is -2.54. The van der Waals surface area contributed by atoms with Gasteiger partial charge in [-0.05, 0) is 67.3 Å². The third-order valence-corrected chi connectivity index (χ3v) is 7.58. The van der Waals surface area contributed by atoms with Gasteiger partial charge in [0.2, 0.25) is 0 Å². The van der Waals surface area contributed by atoms with Crippen LogP contribution in [0, 0.1) is 28.1 Å². The van der Waals surface area contributed by atoms with Crippen LogP contribution < -0.4 is 0 Å². The van der Waals surface area contributed by atoms with Crippen LogP contribution in [0.2, 0.25) is 0 Å². The van der Waals surface area contributed by atoms with E-state index in [-0.39, 0.29) is 16.2 Å². The van der Waals surface area contributed by atoms with E-state index in [4.69, 9.17) is 0 Å². The molecule has 4 aliphatic rings. The molecule has 0 saturated heterocycles. The molecule has 0 aromatic heterocycles. The number of allylic oxidation sites excluding steroid dienone is 3. The van der Waals surface area contributed by atoms with E-state index < -0.39 is 0 Å². The second-order valence-corrected chi connectivity index (χ2v) is 9.10. The van der Waals surface area contributed by atoms with Gasteiger partial charge in [-0.3, -0.25) is 4.79 Å². The minimum Gasteiger partial charge on any atom is -0.294 e. The Labute approximate surface area is 128 Å². The highest BCUT2D eigenvalue weighted by Gasteiger charge is 2.63. The van der Waals surface area contributed by atoms with E-state index in [1.807, 2.05) is 0 Å². The Morgan fingerprint density at radius 1 is 1.19 bits per heavy atom. The summed E-state index contributed by atoms with van der Waals surface area (Å²) in [5.41, 5.74) is 3.22. The van der Waals surface area contributed by atoms with Crippen LogP contribution in [0.5, 0.6) is 0 Å². The molecule has 0 radical (unpaired) electrons. The highest BCUT2D eigenvalue weighted by molar-refractivity contribution is 5.98. The third kappa shape index (κ3) is 1.56. The molecule has 3 saturated carbocycles. The fourth-order valence-electron chi connectivity index (χ4n) is 6.65. The molecule has 4 aliphatic carbocycles. The first-order chi connectivity index (χ1) is 9.80. The Morgan fingerprint density at radius 2 is 1.95 bits per heavy atom. The zero-order chi connectivity index (χ0) is 15.0. The molecular weight excluding hydrogens is 256 g/mol. The van der Waals surface area contributed by atoms with Gasteiger partial charge in [-0.1, -0.05) is 44.9 Å². The van der Waals surface area contributed by atoms with E-state index in [0.717, 1.165) is 12.8 Å². The summed E-state index contributed by atoms with van der Waals surface area (Å²) in [7, 11) is 0. The fraction of sp³-hybridized carbons (Fsp3) is 0.750.